The number of guanidine groups is 1. The van der Waals surface area contributed by atoms with Crippen LogP contribution in [0.3, 0.4) is 0 Å². The normalized spacial score (nSPS) is 19.4. The maximum absolute atomic E-state index is 5.69. The summed E-state index contributed by atoms with van der Waals surface area (Å²) in [5.41, 5.74) is 0.135. The van der Waals surface area contributed by atoms with Crippen molar-refractivity contribution >= 4 is 29.9 Å². The van der Waals surface area contributed by atoms with Crippen molar-refractivity contribution in [3.05, 3.63) is 0 Å². The highest BCUT2D eigenvalue weighted by Crippen LogP contribution is 2.28. The fourth-order valence-corrected chi connectivity index (χ4v) is 3.13. The van der Waals surface area contributed by atoms with Crippen molar-refractivity contribution in [2.75, 3.05) is 45.9 Å². The second-order valence-corrected chi connectivity index (χ2v) is 7.85. The molecule has 0 unspecified atom stereocenters. The Labute approximate surface area is 171 Å². The Morgan fingerprint density at radius 3 is 2.52 bits per heavy atom. The fourth-order valence-electron chi connectivity index (χ4n) is 3.13. The average Bonchev–Trinajstić information content (AvgIpc) is 3.41. The van der Waals surface area contributed by atoms with Gasteiger partial charge in [0.25, 0.3) is 0 Å². The highest BCUT2D eigenvalue weighted by molar-refractivity contribution is 14.0. The van der Waals surface area contributed by atoms with E-state index in [2.05, 4.69) is 36.3 Å². The van der Waals surface area contributed by atoms with Gasteiger partial charge >= 0.3 is 0 Å². The standard InChI is InChI=1S/C19H38N4O.HI/c1-4-20-18(21-11-8-14-24-15-17-9-10-17)22-16-19(2,3)23-12-6-5-7-13-23;/h17H,4-16H2,1-3H3,(H2,20,21,22);1H. The van der Waals surface area contributed by atoms with E-state index < -0.39 is 0 Å². The lowest BCUT2D eigenvalue weighted by molar-refractivity contribution is 0.102. The minimum absolute atomic E-state index is 0. The third-order valence-electron chi connectivity index (χ3n) is 4.99. The topological polar surface area (TPSA) is 48.9 Å². The first kappa shape index (κ1) is 23.0. The third kappa shape index (κ3) is 9.43. The molecule has 0 atom stereocenters. The zero-order valence-electron chi connectivity index (χ0n) is 16.5. The molecule has 2 fully saturated rings. The summed E-state index contributed by atoms with van der Waals surface area (Å²) in [4.78, 5) is 7.42. The molecule has 2 N–H and O–H groups in total. The van der Waals surface area contributed by atoms with Gasteiger partial charge in [-0.15, -0.1) is 24.0 Å². The van der Waals surface area contributed by atoms with Crippen LogP contribution in [0.5, 0.6) is 0 Å². The van der Waals surface area contributed by atoms with Gasteiger partial charge in [-0.3, -0.25) is 9.89 Å². The highest BCUT2D eigenvalue weighted by atomic mass is 127. The van der Waals surface area contributed by atoms with Gasteiger partial charge in [0.2, 0.25) is 0 Å². The summed E-state index contributed by atoms with van der Waals surface area (Å²) in [6.45, 7) is 13.6. The number of likely N-dealkylation sites (tertiary alicyclic amines) is 1. The molecule has 148 valence electrons. The molecule has 1 aliphatic carbocycles. The SMILES string of the molecule is CCNC(=NCC(C)(C)N1CCCCC1)NCCCOCC1CC1.I. The van der Waals surface area contributed by atoms with Crippen molar-refractivity contribution in [2.45, 2.75) is 64.8 Å². The van der Waals surface area contributed by atoms with Gasteiger partial charge in [-0.2, -0.15) is 0 Å². The van der Waals surface area contributed by atoms with Crippen LogP contribution in [-0.2, 0) is 4.74 Å². The van der Waals surface area contributed by atoms with Crippen LogP contribution in [0, 0.1) is 5.92 Å². The van der Waals surface area contributed by atoms with Gasteiger partial charge in [0.15, 0.2) is 5.96 Å². The van der Waals surface area contributed by atoms with E-state index in [0.29, 0.717) is 0 Å². The second-order valence-electron chi connectivity index (χ2n) is 7.85. The number of hydrogen-bond acceptors (Lipinski definition) is 3. The second kappa shape index (κ2) is 12.3. The average molecular weight is 466 g/mol. The van der Waals surface area contributed by atoms with E-state index in [1.54, 1.807) is 0 Å². The number of nitrogens with zero attached hydrogens (tertiary/aromatic N) is 2. The number of hydrogen-bond donors (Lipinski definition) is 2. The van der Waals surface area contributed by atoms with Crippen LogP contribution in [-0.4, -0.2) is 62.3 Å². The summed E-state index contributed by atoms with van der Waals surface area (Å²) in [6, 6.07) is 0. The maximum atomic E-state index is 5.69. The maximum Gasteiger partial charge on any atom is 0.191 e. The van der Waals surface area contributed by atoms with Crippen LogP contribution >= 0.6 is 24.0 Å². The third-order valence-corrected chi connectivity index (χ3v) is 4.99. The molecular weight excluding hydrogens is 427 g/mol. The summed E-state index contributed by atoms with van der Waals surface area (Å²) in [6.07, 6.45) is 7.79. The van der Waals surface area contributed by atoms with Gasteiger partial charge in [-0.25, -0.2) is 0 Å². The van der Waals surface area contributed by atoms with Gasteiger partial charge in [0.1, 0.15) is 0 Å². The molecule has 5 nitrogen and oxygen atoms in total. The lowest BCUT2D eigenvalue weighted by atomic mass is 9.99. The number of aliphatic imine (C=N–C) groups is 1. The smallest absolute Gasteiger partial charge is 0.191 e. The van der Waals surface area contributed by atoms with Gasteiger partial charge in [0.05, 0.1) is 6.54 Å². The molecule has 25 heavy (non-hydrogen) atoms. The minimum atomic E-state index is 0. The summed E-state index contributed by atoms with van der Waals surface area (Å²) >= 11 is 0. The van der Waals surface area contributed by atoms with Gasteiger partial charge in [-0.1, -0.05) is 6.42 Å². The Hall–Kier alpha value is -0.0800. The largest absolute Gasteiger partial charge is 0.381 e. The number of rotatable bonds is 10. The predicted octanol–water partition coefficient (Wildman–Crippen LogP) is 3.24. The van der Waals surface area contributed by atoms with Crippen molar-refractivity contribution < 1.29 is 4.74 Å². The molecule has 0 bridgehead atoms. The molecular formula is C19H39IN4O. The predicted molar refractivity (Wildman–Crippen MR) is 117 cm³/mol. The molecule has 1 saturated heterocycles. The molecule has 1 saturated carbocycles. The van der Waals surface area contributed by atoms with Crippen LogP contribution in [0.1, 0.15) is 59.3 Å². The zero-order chi connectivity index (χ0) is 17.3. The Kier molecular flexibility index (Phi) is 11.3. The van der Waals surface area contributed by atoms with Crippen LogP contribution < -0.4 is 10.6 Å². The molecule has 1 aliphatic heterocycles. The summed E-state index contributed by atoms with van der Waals surface area (Å²) < 4.78 is 5.69. The number of halogens is 1. The number of nitrogens with one attached hydrogen (secondary N) is 2. The zero-order valence-corrected chi connectivity index (χ0v) is 18.8. The van der Waals surface area contributed by atoms with E-state index in [-0.39, 0.29) is 29.5 Å². The van der Waals surface area contributed by atoms with Gasteiger partial charge < -0.3 is 15.4 Å². The van der Waals surface area contributed by atoms with Crippen LogP contribution in [0.15, 0.2) is 4.99 Å². The molecule has 0 aromatic carbocycles. The van der Waals surface area contributed by atoms with E-state index in [9.17, 15) is 0 Å². The van der Waals surface area contributed by atoms with Gasteiger partial charge in [-0.05, 0) is 71.9 Å². The van der Waals surface area contributed by atoms with Crippen molar-refractivity contribution in [3.8, 4) is 0 Å². The van der Waals surface area contributed by atoms with Crippen LogP contribution in [0.25, 0.3) is 0 Å². The fraction of sp³-hybridized carbons (Fsp3) is 0.947. The quantitative estimate of drug-likeness (QED) is 0.225. The molecule has 1 heterocycles. The molecule has 0 aromatic heterocycles. The summed E-state index contributed by atoms with van der Waals surface area (Å²) in [5, 5.41) is 6.80. The minimum Gasteiger partial charge on any atom is -0.381 e. The Morgan fingerprint density at radius 1 is 1.16 bits per heavy atom. The van der Waals surface area contributed by atoms with E-state index in [1.807, 2.05) is 0 Å². The number of ether oxygens (including phenoxy) is 1. The molecule has 0 amide bonds. The van der Waals surface area contributed by atoms with Crippen molar-refractivity contribution in [3.63, 3.8) is 0 Å². The van der Waals surface area contributed by atoms with Crippen LogP contribution in [0.2, 0.25) is 0 Å². The van der Waals surface area contributed by atoms with Crippen molar-refractivity contribution in [1.82, 2.24) is 15.5 Å². The summed E-state index contributed by atoms with van der Waals surface area (Å²) in [5.74, 6) is 1.79. The van der Waals surface area contributed by atoms with Crippen molar-refractivity contribution in [2.24, 2.45) is 10.9 Å². The Bertz CT molecular complexity index is 380. The molecule has 0 radical (unpaired) electrons. The lowest BCUT2D eigenvalue weighted by Gasteiger charge is -2.40. The molecule has 2 rings (SSSR count). The lowest BCUT2D eigenvalue weighted by Crippen LogP contribution is -2.49. The monoisotopic (exact) mass is 466 g/mol. The van der Waals surface area contributed by atoms with E-state index in [1.165, 1.54) is 45.2 Å². The van der Waals surface area contributed by atoms with E-state index in [4.69, 9.17) is 9.73 Å². The molecule has 6 heteroatoms. The Morgan fingerprint density at radius 2 is 1.88 bits per heavy atom. The first-order chi connectivity index (χ1) is 11.6. The highest BCUT2D eigenvalue weighted by Gasteiger charge is 2.27. The Balaban J connectivity index is 0.00000312. The van der Waals surface area contributed by atoms with Gasteiger partial charge in [0, 0.05) is 31.8 Å². The first-order valence-corrected chi connectivity index (χ1v) is 9.97. The summed E-state index contributed by atoms with van der Waals surface area (Å²) in [7, 11) is 0. The van der Waals surface area contributed by atoms with Crippen molar-refractivity contribution in [1.29, 1.82) is 0 Å². The van der Waals surface area contributed by atoms with E-state index >= 15 is 0 Å². The molecule has 0 spiro atoms. The van der Waals surface area contributed by atoms with Crippen LogP contribution in [0.4, 0.5) is 0 Å². The number of piperidine rings is 1. The molecule has 2 aliphatic rings. The molecule has 0 aromatic rings. The van der Waals surface area contributed by atoms with E-state index in [0.717, 1.165) is 51.1 Å². The first-order valence-electron chi connectivity index (χ1n) is 9.97.